The molecule has 1 unspecified atom stereocenters. The van der Waals surface area contributed by atoms with Crippen LogP contribution in [0.4, 0.5) is 28.8 Å². The molecule has 2 fully saturated rings. The Morgan fingerprint density at radius 2 is 1.52 bits per heavy atom. The highest BCUT2D eigenvalue weighted by Crippen LogP contribution is 2.39. The van der Waals surface area contributed by atoms with E-state index in [1.165, 1.54) is 11.8 Å². The van der Waals surface area contributed by atoms with Crippen LogP contribution < -0.4 is 26.0 Å². The monoisotopic (exact) mass is 988 g/mol. The van der Waals surface area contributed by atoms with Crippen molar-refractivity contribution in [3.05, 3.63) is 88.1 Å². The smallest absolute Gasteiger partial charge is 0.264 e. The van der Waals surface area contributed by atoms with Crippen molar-refractivity contribution in [1.29, 1.82) is 0 Å². The van der Waals surface area contributed by atoms with Crippen molar-refractivity contribution >= 4 is 73.9 Å². The maximum absolute atomic E-state index is 13.3. The predicted octanol–water partition coefficient (Wildman–Crippen LogP) is 6.64. The maximum atomic E-state index is 13.3. The number of nitrogens with zero attached hydrogens (tertiary/aromatic N) is 4. The Balaban J connectivity index is 0.800. The number of imide groups is 2. The highest BCUT2D eigenvalue weighted by Gasteiger charge is 2.45. The third-order valence-electron chi connectivity index (χ3n) is 12.1. The van der Waals surface area contributed by atoms with Crippen LogP contribution >= 0.6 is 11.6 Å². The van der Waals surface area contributed by atoms with Gasteiger partial charge in [-0.25, -0.2) is 13.4 Å². The van der Waals surface area contributed by atoms with Gasteiger partial charge in [-0.05, 0) is 120 Å². The summed E-state index contributed by atoms with van der Waals surface area (Å²) < 4.78 is 49.8. The molecule has 0 spiro atoms. The molecule has 18 nitrogen and oxygen atoms in total. The third-order valence-corrected chi connectivity index (χ3v) is 14.6. The molecule has 4 N–H and O–H groups in total. The number of aryl methyl sites for hydroxylation is 1. The number of hydrogen-bond acceptors (Lipinski definition) is 16. The number of anilines is 5. The van der Waals surface area contributed by atoms with Crippen molar-refractivity contribution in [3.63, 3.8) is 0 Å². The molecule has 20 heteroatoms. The standard InChI is InChI=1S/C49H61ClN8O10S/c1-30(2)68-41-28-35(32(5)27-39(41)54-49-52-29-36(50)45(56-49)53-37-10-6-7-12-42(37)69(63,64)31(3)4)33-15-18-57(19-16-33)20-22-66-24-26-67-25-23-65-21-17-51-38-11-8-9-34-44(38)48(62)58(47(34)61)40-13-14-43(59)55-46(40)60/h6-12,27-31,33,40,51H,13-26H2,1-5H3,(H,55,59,60)(H2,52,53,54,56). The van der Waals surface area contributed by atoms with E-state index in [0.717, 1.165) is 42.9 Å². The molecule has 1 atom stereocenters. The lowest BCUT2D eigenvalue weighted by Crippen LogP contribution is -2.54. The van der Waals surface area contributed by atoms with Crippen LogP contribution in [-0.2, 0) is 33.6 Å². The number of nitrogens with one attached hydrogen (secondary N) is 4. The SMILES string of the molecule is Cc1cc(Nc2ncc(Cl)c(Nc3ccccc3S(=O)(=O)C(C)C)n2)c(OC(C)C)cc1C1CCN(CCOCCOCCOCCNc2cccc3c2C(=O)N(C2CCC(=O)NC2=O)C3=O)CC1. The normalized spacial score (nSPS) is 16.9. The summed E-state index contributed by atoms with van der Waals surface area (Å²) in [7, 11) is -3.58. The molecule has 3 aromatic carbocycles. The van der Waals surface area contributed by atoms with Gasteiger partial charge in [0.15, 0.2) is 15.7 Å². The van der Waals surface area contributed by atoms with E-state index in [4.69, 9.17) is 30.5 Å². The minimum absolute atomic E-state index is 0.0588. The van der Waals surface area contributed by atoms with Gasteiger partial charge in [0, 0.05) is 25.2 Å². The number of ether oxygens (including phenoxy) is 4. The number of rotatable bonds is 23. The van der Waals surface area contributed by atoms with Crippen LogP contribution in [0.25, 0.3) is 0 Å². The molecule has 2 saturated heterocycles. The first-order valence-electron chi connectivity index (χ1n) is 23.4. The molecule has 4 aromatic rings. The topological polar surface area (TPSA) is 220 Å². The first kappa shape index (κ1) is 51.2. The number of fused-ring (bicyclic) bond motifs is 1. The van der Waals surface area contributed by atoms with E-state index in [-0.39, 0.29) is 51.8 Å². The summed E-state index contributed by atoms with van der Waals surface area (Å²) in [5, 5.41) is 11.4. The number of hydrogen-bond donors (Lipinski definition) is 4. The lowest BCUT2D eigenvalue weighted by Gasteiger charge is -2.33. The van der Waals surface area contributed by atoms with Gasteiger partial charge in [0.2, 0.25) is 17.8 Å². The summed E-state index contributed by atoms with van der Waals surface area (Å²) in [4.78, 5) is 62.9. The molecule has 3 aliphatic heterocycles. The summed E-state index contributed by atoms with van der Waals surface area (Å²) in [5.41, 5.74) is 4.33. The van der Waals surface area contributed by atoms with Gasteiger partial charge >= 0.3 is 0 Å². The average molecular weight is 990 g/mol. The largest absolute Gasteiger partial charge is 0.489 e. The summed E-state index contributed by atoms with van der Waals surface area (Å²) >= 11 is 6.51. The fourth-order valence-electron chi connectivity index (χ4n) is 8.55. The Morgan fingerprint density at radius 3 is 2.23 bits per heavy atom. The fourth-order valence-corrected chi connectivity index (χ4v) is 9.89. The molecule has 0 bridgehead atoms. The number of sulfone groups is 1. The van der Waals surface area contributed by atoms with Gasteiger partial charge in [-0.1, -0.05) is 29.8 Å². The molecule has 4 heterocycles. The number of amides is 4. The minimum Gasteiger partial charge on any atom is -0.489 e. The molecule has 69 heavy (non-hydrogen) atoms. The predicted molar refractivity (Wildman–Crippen MR) is 262 cm³/mol. The molecule has 0 saturated carbocycles. The van der Waals surface area contributed by atoms with Crippen LogP contribution in [0.15, 0.2) is 65.7 Å². The van der Waals surface area contributed by atoms with E-state index in [0.29, 0.717) is 74.9 Å². The summed E-state index contributed by atoms with van der Waals surface area (Å²) in [6.45, 7) is 15.0. The molecular weight excluding hydrogens is 928 g/mol. The summed E-state index contributed by atoms with van der Waals surface area (Å²) in [6, 6.07) is 14.8. The van der Waals surface area contributed by atoms with Gasteiger partial charge in [0.05, 0.1) is 84.6 Å². The van der Waals surface area contributed by atoms with Crippen LogP contribution in [0.2, 0.25) is 5.02 Å². The molecular formula is C49H61ClN8O10S. The van der Waals surface area contributed by atoms with Gasteiger partial charge in [-0.3, -0.25) is 29.4 Å². The van der Waals surface area contributed by atoms with E-state index in [1.807, 2.05) is 13.8 Å². The number of piperidine rings is 2. The zero-order valence-electron chi connectivity index (χ0n) is 39.6. The second kappa shape index (κ2) is 23.3. The first-order chi connectivity index (χ1) is 33.1. The fraction of sp³-hybridized carbons (Fsp3) is 0.469. The molecule has 4 amide bonds. The van der Waals surface area contributed by atoms with Gasteiger partial charge in [0.1, 0.15) is 16.8 Å². The highest BCUT2D eigenvalue weighted by atomic mass is 35.5. The Morgan fingerprint density at radius 1 is 0.826 bits per heavy atom. The van der Waals surface area contributed by atoms with Crippen molar-refractivity contribution in [2.45, 2.75) is 88.5 Å². The summed E-state index contributed by atoms with van der Waals surface area (Å²) in [5.74, 6) is -0.620. The van der Waals surface area contributed by atoms with Crippen LogP contribution in [0.3, 0.4) is 0 Å². The number of benzene rings is 3. The van der Waals surface area contributed by atoms with E-state index >= 15 is 0 Å². The number of aromatic nitrogens is 2. The van der Waals surface area contributed by atoms with E-state index in [2.05, 4.69) is 55.2 Å². The highest BCUT2D eigenvalue weighted by molar-refractivity contribution is 7.92. The Bertz CT molecular complexity index is 2630. The number of carbonyl (C=O) groups excluding carboxylic acids is 4. The van der Waals surface area contributed by atoms with E-state index < -0.39 is 44.8 Å². The number of carbonyl (C=O) groups is 4. The van der Waals surface area contributed by atoms with Crippen LogP contribution in [-0.4, -0.2) is 135 Å². The minimum atomic E-state index is -3.58. The van der Waals surface area contributed by atoms with Crippen LogP contribution in [0.1, 0.15) is 91.1 Å². The number of halogens is 1. The second-order valence-electron chi connectivity index (χ2n) is 17.7. The molecule has 1 aromatic heterocycles. The lowest BCUT2D eigenvalue weighted by atomic mass is 9.86. The van der Waals surface area contributed by atoms with Gasteiger partial charge in [0.25, 0.3) is 11.8 Å². The first-order valence-corrected chi connectivity index (χ1v) is 25.3. The average Bonchev–Trinajstić information content (AvgIpc) is 3.57. The molecule has 7 rings (SSSR count). The number of para-hydroxylation sites is 1. The molecule has 0 aliphatic carbocycles. The molecule has 370 valence electrons. The Labute approximate surface area is 408 Å². The van der Waals surface area contributed by atoms with Crippen molar-refractivity contribution in [3.8, 4) is 5.75 Å². The molecule has 0 radical (unpaired) electrons. The van der Waals surface area contributed by atoms with Crippen LogP contribution in [0, 0.1) is 6.92 Å². The Kier molecular flexibility index (Phi) is 17.3. The maximum Gasteiger partial charge on any atom is 0.264 e. The quantitative estimate of drug-likeness (QED) is 0.0452. The third kappa shape index (κ3) is 12.6. The van der Waals surface area contributed by atoms with Crippen molar-refractivity contribution in [2.24, 2.45) is 0 Å². The van der Waals surface area contributed by atoms with Crippen molar-refractivity contribution < 1.29 is 46.5 Å². The lowest BCUT2D eigenvalue weighted by molar-refractivity contribution is -0.136. The van der Waals surface area contributed by atoms with Gasteiger partial charge in [-0.2, -0.15) is 4.98 Å². The van der Waals surface area contributed by atoms with E-state index in [9.17, 15) is 27.6 Å². The van der Waals surface area contributed by atoms with E-state index in [1.54, 1.807) is 56.3 Å². The summed E-state index contributed by atoms with van der Waals surface area (Å²) in [6.07, 6.45) is 3.52. The van der Waals surface area contributed by atoms with Crippen molar-refractivity contribution in [2.75, 3.05) is 81.8 Å². The zero-order chi connectivity index (χ0) is 49.2. The number of likely N-dealkylation sites (tertiary alicyclic amines) is 1. The Hall–Kier alpha value is -5.70. The second-order valence-corrected chi connectivity index (χ2v) is 20.5. The van der Waals surface area contributed by atoms with Gasteiger partial charge < -0.3 is 39.8 Å². The molecule has 3 aliphatic rings. The van der Waals surface area contributed by atoms with Gasteiger partial charge in [-0.15, -0.1) is 0 Å². The van der Waals surface area contributed by atoms with Crippen LogP contribution in [0.5, 0.6) is 5.75 Å². The van der Waals surface area contributed by atoms with Crippen molar-refractivity contribution in [1.82, 2.24) is 25.1 Å². The zero-order valence-corrected chi connectivity index (χ0v) is 41.2.